The topological polar surface area (TPSA) is 149 Å². The summed E-state index contributed by atoms with van der Waals surface area (Å²) in [6.45, 7) is 1.66. The van der Waals surface area contributed by atoms with Crippen LogP contribution in [-0.4, -0.2) is 19.5 Å². The molecule has 9 nitrogen and oxygen atoms in total. The summed E-state index contributed by atoms with van der Waals surface area (Å²) in [5.74, 6) is -4.89. The van der Waals surface area contributed by atoms with Gasteiger partial charge in [-0.2, -0.15) is 15.2 Å². The van der Waals surface area contributed by atoms with E-state index >= 15 is 0 Å². The van der Waals surface area contributed by atoms with Crippen molar-refractivity contribution in [2.45, 2.75) is 19.4 Å². The van der Waals surface area contributed by atoms with Gasteiger partial charge in [-0.25, -0.2) is 22.5 Å². The Hall–Kier alpha value is -4.73. The first kappa shape index (κ1) is 23.4. The molecule has 1 atom stereocenters. The number of anilines is 3. The van der Waals surface area contributed by atoms with Crippen molar-refractivity contribution in [2.24, 2.45) is 0 Å². The Morgan fingerprint density at radius 1 is 1.03 bits per heavy atom. The Balaban J connectivity index is 2.03. The number of halogens is 4. The second-order valence-electron chi connectivity index (χ2n) is 7.43. The molecular formula is C22H16F4N8O. The van der Waals surface area contributed by atoms with Crippen molar-refractivity contribution in [1.29, 1.82) is 5.26 Å². The lowest BCUT2D eigenvalue weighted by Crippen LogP contribution is -2.29. The van der Waals surface area contributed by atoms with Crippen molar-refractivity contribution < 1.29 is 17.6 Å². The molecule has 0 saturated carbocycles. The molecule has 0 aliphatic carbocycles. The molecule has 0 aliphatic heterocycles. The second-order valence-corrected chi connectivity index (χ2v) is 7.43. The Kier molecular flexibility index (Phi) is 5.96. The van der Waals surface area contributed by atoms with Crippen LogP contribution in [0.15, 0.2) is 35.1 Å². The number of nitrogens with zero attached hydrogens (tertiary/aromatic N) is 5. The van der Waals surface area contributed by atoms with Crippen LogP contribution in [0, 0.1) is 34.6 Å². The monoisotopic (exact) mass is 484 g/mol. The fourth-order valence-corrected chi connectivity index (χ4v) is 3.61. The average Bonchev–Trinajstić information content (AvgIpc) is 2.77. The van der Waals surface area contributed by atoms with Gasteiger partial charge in [-0.1, -0.05) is 6.92 Å². The van der Waals surface area contributed by atoms with Crippen LogP contribution in [0.3, 0.4) is 0 Å². The molecule has 5 N–H and O–H groups in total. The van der Waals surface area contributed by atoms with E-state index < -0.39 is 45.8 Å². The summed E-state index contributed by atoms with van der Waals surface area (Å²) in [5, 5.41) is 11.9. The lowest BCUT2D eigenvalue weighted by atomic mass is 10.1. The highest BCUT2D eigenvalue weighted by atomic mass is 19.1. The third-order valence-electron chi connectivity index (χ3n) is 5.12. The smallest absolute Gasteiger partial charge is 0.266 e. The number of nitrogens with two attached hydrogens (primary N) is 2. The van der Waals surface area contributed by atoms with Crippen LogP contribution in [0.2, 0.25) is 0 Å². The van der Waals surface area contributed by atoms with E-state index in [4.69, 9.17) is 11.5 Å². The molecule has 13 heteroatoms. The average molecular weight is 484 g/mol. The summed E-state index contributed by atoms with van der Waals surface area (Å²) in [6, 6.07) is 4.51. The molecule has 35 heavy (non-hydrogen) atoms. The molecule has 4 rings (SSSR count). The maximum absolute atomic E-state index is 14.6. The summed E-state index contributed by atoms with van der Waals surface area (Å²) in [7, 11) is 0. The van der Waals surface area contributed by atoms with Gasteiger partial charge in [0.2, 0.25) is 5.95 Å². The third-order valence-corrected chi connectivity index (χ3v) is 5.12. The number of rotatable bonds is 5. The van der Waals surface area contributed by atoms with Crippen molar-refractivity contribution in [3.8, 4) is 11.8 Å². The Morgan fingerprint density at radius 2 is 1.69 bits per heavy atom. The van der Waals surface area contributed by atoms with E-state index in [0.29, 0.717) is 12.1 Å². The Bertz CT molecular complexity index is 1560. The zero-order chi connectivity index (χ0) is 25.4. The quantitative estimate of drug-likeness (QED) is 0.365. The number of aromatic nitrogens is 4. The van der Waals surface area contributed by atoms with E-state index in [-0.39, 0.29) is 41.1 Å². The molecule has 0 spiro atoms. The predicted molar refractivity (Wildman–Crippen MR) is 119 cm³/mol. The largest absolute Gasteiger partial charge is 0.382 e. The van der Waals surface area contributed by atoms with Crippen molar-refractivity contribution in [3.05, 3.63) is 75.3 Å². The summed E-state index contributed by atoms with van der Waals surface area (Å²) < 4.78 is 57.4. The van der Waals surface area contributed by atoms with Crippen LogP contribution in [0.5, 0.6) is 0 Å². The minimum Gasteiger partial charge on any atom is -0.382 e. The number of hydrogen-bond acceptors (Lipinski definition) is 8. The Morgan fingerprint density at radius 3 is 2.31 bits per heavy atom. The van der Waals surface area contributed by atoms with Crippen molar-refractivity contribution in [2.75, 3.05) is 16.8 Å². The molecule has 0 saturated heterocycles. The van der Waals surface area contributed by atoms with Crippen molar-refractivity contribution in [1.82, 2.24) is 19.5 Å². The van der Waals surface area contributed by atoms with E-state index in [1.165, 1.54) is 0 Å². The minimum atomic E-state index is -1.11. The molecule has 0 radical (unpaired) electrons. The van der Waals surface area contributed by atoms with Gasteiger partial charge >= 0.3 is 0 Å². The number of benzene rings is 2. The predicted octanol–water partition coefficient (Wildman–Crippen LogP) is 3.33. The lowest BCUT2D eigenvalue weighted by molar-refractivity contribution is 0.576. The van der Waals surface area contributed by atoms with E-state index in [0.717, 1.165) is 22.8 Å². The first-order valence-corrected chi connectivity index (χ1v) is 10.1. The molecule has 0 fully saturated rings. The molecule has 0 aliphatic rings. The van der Waals surface area contributed by atoms with Gasteiger partial charge in [-0.3, -0.25) is 9.36 Å². The number of nitrogens with one attached hydrogen (secondary N) is 1. The van der Waals surface area contributed by atoms with Gasteiger partial charge in [0.15, 0.2) is 11.6 Å². The first-order valence-electron chi connectivity index (χ1n) is 10.1. The van der Waals surface area contributed by atoms with Gasteiger partial charge in [0.05, 0.1) is 17.1 Å². The summed E-state index contributed by atoms with van der Waals surface area (Å²) in [5.41, 5.74) is 9.52. The van der Waals surface area contributed by atoms with Crippen LogP contribution in [0.25, 0.3) is 16.6 Å². The van der Waals surface area contributed by atoms with Gasteiger partial charge in [0.25, 0.3) is 5.56 Å². The molecule has 2 aromatic carbocycles. The number of fused-ring (bicyclic) bond motifs is 1. The van der Waals surface area contributed by atoms with Crippen LogP contribution < -0.4 is 22.3 Å². The maximum Gasteiger partial charge on any atom is 0.266 e. The minimum absolute atomic E-state index is 0.102. The molecule has 2 heterocycles. The highest BCUT2D eigenvalue weighted by molar-refractivity contribution is 5.79. The van der Waals surface area contributed by atoms with Gasteiger partial charge in [0.1, 0.15) is 46.2 Å². The molecule has 1 unspecified atom stereocenters. The zero-order valence-electron chi connectivity index (χ0n) is 18.0. The van der Waals surface area contributed by atoms with Gasteiger partial charge < -0.3 is 16.8 Å². The highest BCUT2D eigenvalue weighted by Gasteiger charge is 2.24. The van der Waals surface area contributed by atoms with Crippen molar-refractivity contribution >= 4 is 28.5 Å². The van der Waals surface area contributed by atoms with Gasteiger partial charge in [-0.15, -0.1) is 0 Å². The Labute approximate surface area is 194 Å². The summed E-state index contributed by atoms with van der Waals surface area (Å²) in [4.78, 5) is 25.3. The maximum atomic E-state index is 14.6. The van der Waals surface area contributed by atoms with Crippen LogP contribution in [-0.2, 0) is 0 Å². The number of nitrogen functional groups attached to an aromatic ring is 2. The number of nitriles is 1. The molecule has 4 aromatic rings. The highest BCUT2D eigenvalue weighted by Crippen LogP contribution is 2.28. The van der Waals surface area contributed by atoms with Crippen LogP contribution >= 0.6 is 0 Å². The van der Waals surface area contributed by atoms with Crippen molar-refractivity contribution in [3.63, 3.8) is 0 Å². The normalized spacial score (nSPS) is 11.9. The van der Waals surface area contributed by atoms with Crippen LogP contribution in [0.1, 0.15) is 30.8 Å². The van der Waals surface area contributed by atoms with Gasteiger partial charge in [-0.05, 0) is 24.6 Å². The molecule has 2 aromatic heterocycles. The first-order chi connectivity index (χ1) is 16.6. The zero-order valence-corrected chi connectivity index (χ0v) is 18.0. The van der Waals surface area contributed by atoms with E-state index in [2.05, 4.69) is 20.3 Å². The third kappa shape index (κ3) is 4.29. The van der Waals surface area contributed by atoms with E-state index in [9.17, 15) is 27.6 Å². The van der Waals surface area contributed by atoms with Crippen LogP contribution in [0.4, 0.5) is 35.1 Å². The molecule has 178 valence electrons. The van der Waals surface area contributed by atoms with Gasteiger partial charge in [0, 0.05) is 12.1 Å². The van der Waals surface area contributed by atoms with E-state index in [1.54, 1.807) is 6.92 Å². The molecule has 0 bridgehead atoms. The SMILES string of the molecule is CCC(Nc1nc(N)nc(N)c1C#N)c1nc2c(F)cc(F)cc2c(=O)n1-c1cc(F)cc(F)c1. The fourth-order valence-electron chi connectivity index (χ4n) is 3.61. The second kappa shape index (κ2) is 8.90. The lowest BCUT2D eigenvalue weighted by Gasteiger charge is -2.23. The summed E-state index contributed by atoms with van der Waals surface area (Å²) in [6.07, 6.45) is 0.160. The molecular weight excluding hydrogens is 468 g/mol. The standard InChI is InChI=1S/C22H16F4N8O/c1-2-16(30-19-14(8-27)18(28)32-22(29)33-19)20-31-17-13(6-11(25)7-15(17)26)21(35)34(20)12-4-9(23)3-10(24)5-12/h3-7,16H,2H2,1H3,(H5,28,29,30,32,33). The fraction of sp³-hybridized carbons (Fsp3) is 0.136. The molecule has 0 amide bonds. The van der Waals surface area contributed by atoms with E-state index in [1.807, 2.05) is 6.07 Å². The number of hydrogen-bond donors (Lipinski definition) is 3. The summed E-state index contributed by atoms with van der Waals surface area (Å²) >= 11 is 0.